The predicted molar refractivity (Wildman–Crippen MR) is 119 cm³/mol. The van der Waals surface area contributed by atoms with E-state index in [0.29, 0.717) is 6.04 Å². The summed E-state index contributed by atoms with van der Waals surface area (Å²) < 4.78 is 0. The lowest BCUT2D eigenvalue weighted by Gasteiger charge is -2.24. The number of para-hydroxylation sites is 1. The summed E-state index contributed by atoms with van der Waals surface area (Å²) in [7, 11) is 0. The van der Waals surface area contributed by atoms with Crippen LogP contribution in [0.15, 0.2) is 54.6 Å². The molecular weight excluding hydrogens is 376 g/mol. The molecule has 156 valence electrons. The van der Waals surface area contributed by atoms with E-state index in [-0.39, 0.29) is 6.04 Å². The van der Waals surface area contributed by atoms with Gasteiger partial charge in [-0.1, -0.05) is 42.5 Å². The number of benzene rings is 2. The first kappa shape index (κ1) is 20.3. The standard InChI is InChI=1S/C24H28N4O2/c1-16-22(21-4-2-3-5-23(21)26-16)13-20-12-19(25)15-28(20)14-18-8-6-17(7-9-18)10-11-24(29)27-30/h2-11,19-20,26,30H,12-15,25H2,1H3,(H,27,29). The number of aromatic nitrogens is 1. The molecule has 1 aliphatic rings. The van der Waals surface area contributed by atoms with Crippen molar-refractivity contribution in [3.8, 4) is 0 Å². The molecule has 30 heavy (non-hydrogen) atoms. The van der Waals surface area contributed by atoms with Crippen LogP contribution in [0, 0.1) is 6.92 Å². The Hall–Kier alpha value is -2.93. The molecule has 1 amide bonds. The van der Waals surface area contributed by atoms with E-state index in [1.807, 2.05) is 12.1 Å². The third kappa shape index (κ3) is 4.46. The van der Waals surface area contributed by atoms with E-state index in [9.17, 15) is 4.79 Å². The van der Waals surface area contributed by atoms with Crippen molar-refractivity contribution in [3.63, 3.8) is 0 Å². The van der Waals surface area contributed by atoms with Gasteiger partial charge in [0.2, 0.25) is 0 Å². The van der Waals surface area contributed by atoms with Crippen LogP contribution in [0.3, 0.4) is 0 Å². The zero-order valence-corrected chi connectivity index (χ0v) is 17.1. The van der Waals surface area contributed by atoms with E-state index >= 15 is 0 Å². The number of nitrogens with two attached hydrogens (primary N) is 1. The normalized spacial score (nSPS) is 19.7. The van der Waals surface area contributed by atoms with Crippen LogP contribution in [0.25, 0.3) is 17.0 Å². The number of hydrogen-bond acceptors (Lipinski definition) is 4. The molecule has 2 heterocycles. The van der Waals surface area contributed by atoms with Crippen LogP contribution in [0.2, 0.25) is 0 Å². The number of rotatable bonds is 6. The molecule has 1 aliphatic heterocycles. The van der Waals surface area contributed by atoms with Crippen molar-refractivity contribution in [2.75, 3.05) is 6.54 Å². The first-order valence-corrected chi connectivity index (χ1v) is 10.3. The fourth-order valence-corrected chi connectivity index (χ4v) is 4.44. The Labute approximate surface area is 176 Å². The smallest absolute Gasteiger partial charge is 0.267 e. The minimum absolute atomic E-state index is 0.194. The number of nitrogens with zero attached hydrogens (tertiary/aromatic N) is 1. The van der Waals surface area contributed by atoms with Crippen molar-refractivity contribution in [3.05, 3.63) is 77.0 Å². The summed E-state index contributed by atoms with van der Waals surface area (Å²) >= 11 is 0. The van der Waals surface area contributed by atoms with Crippen molar-refractivity contribution >= 4 is 22.9 Å². The van der Waals surface area contributed by atoms with Gasteiger partial charge in [0, 0.05) is 47.8 Å². The average Bonchev–Trinajstić information content (AvgIpc) is 3.26. The van der Waals surface area contributed by atoms with Crippen LogP contribution >= 0.6 is 0 Å². The zero-order valence-electron chi connectivity index (χ0n) is 17.1. The molecule has 0 aliphatic carbocycles. The second-order valence-electron chi connectivity index (χ2n) is 8.11. The highest BCUT2D eigenvalue weighted by atomic mass is 16.5. The van der Waals surface area contributed by atoms with E-state index in [0.717, 1.165) is 31.5 Å². The number of hydrogen-bond donors (Lipinski definition) is 4. The molecule has 1 saturated heterocycles. The van der Waals surface area contributed by atoms with Gasteiger partial charge in [-0.25, -0.2) is 5.48 Å². The van der Waals surface area contributed by atoms with Crippen molar-refractivity contribution in [1.82, 2.24) is 15.4 Å². The molecule has 4 rings (SSSR count). The Morgan fingerprint density at radius 3 is 2.80 bits per heavy atom. The number of H-pyrrole nitrogens is 1. The topological polar surface area (TPSA) is 94.4 Å². The molecule has 2 aromatic carbocycles. The SMILES string of the molecule is Cc1[nH]c2ccccc2c1CC1CC(N)CN1Cc1ccc(C=CC(=O)NO)cc1. The summed E-state index contributed by atoms with van der Waals surface area (Å²) in [6, 6.07) is 17.2. The number of aromatic amines is 1. The largest absolute Gasteiger partial charge is 0.358 e. The lowest BCUT2D eigenvalue weighted by atomic mass is 10.00. The van der Waals surface area contributed by atoms with E-state index in [2.05, 4.69) is 53.2 Å². The predicted octanol–water partition coefficient (Wildman–Crippen LogP) is 3.14. The van der Waals surface area contributed by atoms with Gasteiger partial charge < -0.3 is 10.7 Å². The highest BCUT2D eigenvalue weighted by molar-refractivity contribution is 5.90. The number of amides is 1. The summed E-state index contributed by atoms with van der Waals surface area (Å²) in [5, 5.41) is 9.87. The Kier molecular flexibility index (Phi) is 5.99. The van der Waals surface area contributed by atoms with Gasteiger partial charge in [0.25, 0.3) is 5.91 Å². The Balaban J connectivity index is 1.47. The van der Waals surface area contributed by atoms with Gasteiger partial charge in [0.1, 0.15) is 0 Å². The number of fused-ring (bicyclic) bond motifs is 1. The minimum atomic E-state index is -0.541. The maximum Gasteiger partial charge on any atom is 0.267 e. The zero-order chi connectivity index (χ0) is 21.1. The monoisotopic (exact) mass is 404 g/mol. The molecule has 3 aromatic rings. The summed E-state index contributed by atoms with van der Waals surface area (Å²) in [5.41, 5.74) is 13.9. The maximum absolute atomic E-state index is 11.1. The molecule has 2 unspecified atom stereocenters. The molecule has 2 atom stereocenters. The Morgan fingerprint density at radius 1 is 1.27 bits per heavy atom. The molecule has 0 bridgehead atoms. The van der Waals surface area contributed by atoms with E-state index in [1.165, 1.54) is 33.8 Å². The van der Waals surface area contributed by atoms with Crippen LogP contribution < -0.4 is 11.2 Å². The van der Waals surface area contributed by atoms with Crippen molar-refractivity contribution in [2.24, 2.45) is 5.73 Å². The number of carbonyl (C=O) groups is 1. The van der Waals surface area contributed by atoms with Crippen molar-refractivity contribution < 1.29 is 10.0 Å². The Bertz CT molecular complexity index is 1050. The third-order valence-electron chi connectivity index (χ3n) is 5.93. The summed E-state index contributed by atoms with van der Waals surface area (Å²) in [4.78, 5) is 17.1. The average molecular weight is 405 g/mol. The van der Waals surface area contributed by atoms with Gasteiger partial charge in [-0.2, -0.15) is 0 Å². The molecule has 5 N–H and O–H groups in total. The first-order chi connectivity index (χ1) is 14.5. The second-order valence-corrected chi connectivity index (χ2v) is 8.11. The van der Waals surface area contributed by atoms with Crippen LogP contribution in [0.5, 0.6) is 0 Å². The van der Waals surface area contributed by atoms with Crippen molar-refractivity contribution in [1.29, 1.82) is 0 Å². The Morgan fingerprint density at radius 2 is 2.03 bits per heavy atom. The minimum Gasteiger partial charge on any atom is -0.358 e. The van der Waals surface area contributed by atoms with E-state index in [1.54, 1.807) is 11.6 Å². The number of hydroxylamine groups is 1. The second kappa shape index (κ2) is 8.83. The molecule has 0 spiro atoms. The van der Waals surface area contributed by atoms with Gasteiger partial charge in [-0.15, -0.1) is 0 Å². The molecule has 0 radical (unpaired) electrons. The first-order valence-electron chi connectivity index (χ1n) is 10.3. The highest BCUT2D eigenvalue weighted by Gasteiger charge is 2.31. The van der Waals surface area contributed by atoms with E-state index < -0.39 is 5.91 Å². The van der Waals surface area contributed by atoms with Gasteiger partial charge in [-0.3, -0.25) is 14.9 Å². The number of nitrogens with one attached hydrogen (secondary N) is 2. The van der Waals surface area contributed by atoms with Crippen LogP contribution in [-0.2, 0) is 17.8 Å². The number of aryl methyl sites for hydroxylation is 1. The molecule has 6 nitrogen and oxygen atoms in total. The molecular formula is C24H28N4O2. The van der Waals surface area contributed by atoms with Crippen molar-refractivity contribution in [2.45, 2.75) is 38.4 Å². The fourth-order valence-electron chi connectivity index (χ4n) is 4.44. The third-order valence-corrected chi connectivity index (χ3v) is 5.93. The summed E-state index contributed by atoms with van der Waals surface area (Å²) in [5.74, 6) is -0.541. The van der Waals surface area contributed by atoms with Gasteiger partial charge >= 0.3 is 0 Å². The molecule has 1 fully saturated rings. The lowest BCUT2D eigenvalue weighted by molar-refractivity contribution is -0.124. The van der Waals surface area contributed by atoms with E-state index in [4.69, 9.17) is 10.9 Å². The number of carbonyl (C=O) groups excluding carboxylic acids is 1. The maximum atomic E-state index is 11.1. The van der Waals surface area contributed by atoms with Crippen LogP contribution in [0.1, 0.15) is 28.8 Å². The summed E-state index contributed by atoms with van der Waals surface area (Å²) in [6.07, 6.45) is 4.95. The van der Waals surface area contributed by atoms with Gasteiger partial charge in [0.15, 0.2) is 0 Å². The lowest BCUT2D eigenvalue weighted by Crippen LogP contribution is -2.31. The van der Waals surface area contributed by atoms with Crippen LogP contribution in [0.4, 0.5) is 0 Å². The molecule has 6 heteroatoms. The fraction of sp³-hybridized carbons (Fsp3) is 0.292. The van der Waals surface area contributed by atoms with Gasteiger partial charge in [-0.05, 0) is 48.6 Å². The summed E-state index contributed by atoms with van der Waals surface area (Å²) in [6.45, 7) is 3.89. The highest BCUT2D eigenvalue weighted by Crippen LogP contribution is 2.28. The molecule has 1 aromatic heterocycles. The van der Waals surface area contributed by atoms with Gasteiger partial charge in [0.05, 0.1) is 0 Å². The number of likely N-dealkylation sites (tertiary alicyclic amines) is 1. The quantitative estimate of drug-likeness (QED) is 0.288. The van der Waals surface area contributed by atoms with Crippen LogP contribution in [-0.4, -0.2) is 39.6 Å². The molecule has 0 saturated carbocycles.